The van der Waals surface area contributed by atoms with E-state index in [1.54, 1.807) is 20.3 Å². The van der Waals surface area contributed by atoms with Crippen LogP contribution in [0.1, 0.15) is 32.1 Å². The number of methoxy groups -OCH3 is 2. The topological polar surface area (TPSA) is 64.5 Å². The fraction of sp³-hybridized carbons (Fsp3) is 0.714. The molecule has 0 aliphatic heterocycles. The minimum absolute atomic E-state index is 0.134. The molecule has 0 aromatic carbocycles. The van der Waals surface area contributed by atoms with Crippen molar-refractivity contribution in [3.05, 3.63) is 6.07 Å². The number of aliphatic hydroxyl groups excluding tert-OH is 1. The Morgan fingerprint density at radius 2 is 1.85 bits per heavy atom. The SMILES string of the molecule is COc1cc(OC)nc(SC(CO)CC2CCCC2)n1. The molecule has 1 aliphatic rings. The normalized spacial score (nSPS) is 17.1. The van der Waals surface area contributed by atoms with Gasteiger partial charge in [-0.25, -0.2) is 0 Å². The summed E-state index contributed by atoms with van der Waals surface area (Å²) in [4.78, 5) is 8.60. The maximum Gasteiger partial charge on any atom is 0.220 e. The molecule has 20 heavy (non-hydrogen) atoms. The average Bonchev–Trinajstić information content (AvgIpc) is 2.99. The Morgan fingerprint density at radius 3 is 2.35 bits per heavy atom. The third kappa shape index (κ3) is 4.24. The van der Waals surface area contributed by atoms with Crippen LogP contribution in [0.5, 0.6) is 11.8 Å². The number of thioether (sulfide) groups is 1. The van der Waals surface area contributed by atoms with Crippen LogP contribution in [0, 0.1) is 5.92 Å². The second kappa shape index (κ2) is 7.69. The lowest BCUT2D eigenvalue weighted by Crippen LogP contribution is -2.14. The van der Waals surface area contributed by atoms with Gasteiger partial charge in [0.05, 0.1) is 26.9 Å². The lowest BCUT2D eigenvalue weighted by atomic mass is 10.0. The summed E-state index contributed by atoms with van der Waals surface area (Å²) in [5.41, 5.74) is 0. The van der Waals surface area contributed by atoms with Crippen LogP contribution >= 0.6 is 11.8 Å². The molecule has 1 unspecified atom stereocenters. The molecule has 0 amide bonds. The zero-order valence-electron chi connectivity index (χ0n) is 12.0. The summed E-state index contributed by atoms with van der Waals surface area (Å²) in [6.45, 7) is 0.143. The average molecular weight is 298 g/mol. The summed E-state index contributed by atoms with van der Waals surface area (Å²) in [5, 5.41) is 10.3. The molecule has 1 aromatic rings. The van der Waals surface area contributed by atoms with Gasteiger partial charge in [-0.1, -0.05) is 37.4 Å². The minimum atomic E-state index is 0.134. The Hall–Kier alpha value is -1.01. The second-order valence-corrected chi connectivity index (χ2v) is 6.31. The predicted octanol–water partition coefficient (Wildman–Crippen LogP) is 2.53. The van der Waals surface area contributed by atoms with Crippen molar-refractivity contribution in [2.24, 2.45) is 5.92 Å². The van der Waals surface area contributed by atoms with Crippen LogP contribution in [0.4, 0.5) is 0 Å². The van der Waals surface area contributed by atoms with Crippen LogP contribution in [-0.4, -0.2) is 41.2 Å². The number of ether oxygens (including phenoxy) is 2. The maximum absolute atomic E-state index is 9.56. The van der Waals surface area contributed by atoms with E-state index in [0.29, 0.717) is 16.9 Å². The van der Waals surface area contributed by atoms with E-state index in [0.717, 1.165) is 12.3 Å². The van der Waals surface area contributed by atoms with E-state index in [-0.39, 0.29) is 11.9 Å². The van der Waals surface area contributed by atoms with Crippen LogP contribution in [0.3, 0.4) is 0 Å². The van der Waals surface area contributed by atoms with Crippen LogP contribution < -0.4 is 9.47 Å². The second-order valence-electron chi connectivity index (χ2n) is 5.04. The van der Waals surface area contributed by atoms with Crippen molar-refractivity contribution in [2.45, 2.75) is 42.5 Å². The molecule has 6 heteroatoms. The van der Waals surface area contributed by atoms with Gasteiger partial charge in [0, 0.05) is 5.25 Å². The van der Waals surface area contributed by atoms with Gasteiger partial charge in [-0.15, -0.1) is 0 Å². The molecule has 2 rings (SSSR count). The molecule has 0 radical (unpaired) electrons. The van der Waals surface area contributed by atoms with E-state index in [1.165, 1.54) is 37.4 Å². The van der Waals surface area contributed by atoms with Gasteiger partial charge in [0.1, 0.15) is 0 Å². The van der Waals surface area contributed by atoms with Crippen molar-refractivity contribution < 1.29 is 14.6 Å². The van der Waals surface area contributed by atoms with Crippen LogP contribution in [0.2, 0.25) is 0 Å². The number of nitrogens with zero attached hydrogens (tertiary/aromatic N) is 2. The van der Waals surface area contributed by atoms with Crippen LogP contribution in [0.15, 0.2) is 11.2 Å². The fourth-order valence-corrected chi connectivity index (χ4v) is 3.60. The number of rotatable bonds is 7. The van der Waals surface area contributed by atoms with Crippen LogP contribution in [0.25, 0.3) is 0 Å². The molecular weight excluding hydrogens is 276 g/mol. The van der Waals surface area contributed by atoms with Crippen molar-refractivity contribution in [3.8, 4) is 11.8 Å². The van der Waals surface area contributed by atoms with E-state index in [4.69, 9.17) is 9.47 Å². The molecule has 1 aliphatic carbocycles. The molecule has 1 heterocycles. The first-order valence-electron chi connectivity index (χ1n) is 6.99. The molecule has 0 bridgehead atoms. The highest BCUT2D eigenvalue weighted by molar-refractivity contribution is 7.99. The molecule has 1 aromatic heterocycles. The van der Waals surface area contributed by atoms with Gasteiger partial charge in [0.25, 0.3) is 0 Å². The molecule has 0 spiro atoms. The maximum atomic E-state index is 9.56. The quantitative estimate of drug-likeness (QED) is 0.616. The van der Waals surface area contributed by atoms with Gasteiger partial charge < -0.3 is 14.6 Å². The standard InChI is InChI=1S/C14H22N2O3S/c1-18-12-8-13(19-2)16-14(15-12)20-11(9-17)7-10-5-3-4-6-10/h8,10-11,17H,3-7,9H2,1-2H3. The predicted molar refractivity (Wildman–Crippen MR) is 78.4 cm³/mol. The molecular formula is C14H22N2O3S. The van der Waals surface area contributed by atoms with Crippen molar-refractivity contribution in [2.75, 3.05) is 20.8 Å². The number of aromatic nitrogens is 2. The van der Waals surface area contributed by atoms with Gasteiger partial charge in [-0.2, -0.15) is 9.97 Å². The number of hydrogen-bond acceptors (Lipinski definition) is 6. The lowest BCUT2D eigenvalue weighted by molar-refractivity contribution is 0.278. The Morgan fingerprint density at radius 1 is 1.25 bits per heavy atom. The fourth-order valence-electron chi connectivity index (χ4n) is 2.57. The highest BCUT2D eigenvalue weighted by atomic mass is 32.2. The van der Waals surface area contributed by atoms with Crippen molar-refractivity contribution in [1.82, 2.24) is 9.97 Å². The molecule has 1 fully saturated rings. The Balaban J connectivity index is 2.01. The van der Waals surface area contributed by atoms with Gasteiger partial charge in [0.2, 0.25) is 11.8 Å². The molecule has 1 N–H and O–H groups in total. The summed E-state index contributed by atoms with van der Waals surface area (Å²) in [6, 6.07) is 1.65. The Kier molecular flexibility index (Phi) is 5.91. The molecule has 112 valence electrons. The largest absolute Gasteiger partial charge is 0.481 e. The van der Waals surface area contributed by atoms with Crippen molar-refractivity contribution >= 4 is 11.8 Å². The summed E-state index contributed by atoms with van der Waals surface area (Å²) in [7, 11) is 3.14. The highest BCUT2D eigenvalue weighted by Gasteiger charge is 2.21. The molecule has 1 saturated carbocycles. The first-order valence-corrected chi connectivity index (χ1v) is 7.87. The number of aliphatic hydroxyl groups is 1. The van der Waals surface area contributed by atoms with Gasteiger partial charge in [0.15, 0.2) is 5.16 Å². The summed E-state index contributed by atoms with van der Waals surface area (Å²) in [6.07, 6.45) is 6.21. The molecule has 1 atom stereocenters. The van der Waals surface area contributed by atoms with Crippen molar-refractivity contribution in [3.63, 3.8) is 0 Å². The van der Waals surface area contributed by atoms with E-state index < -0.39 is 0 Å². The first kappa shape index (κ1) is 15.4. The van der Waals surface area contributed by atoms with Crippen LogP contribution in [-0.2, 0) is 0 Å². The smallest absolute Gasteiger partial charge is 0.220 e. The van der Waals surface area contributed by atoms with Gasteiger partial charge in [-0.3, -0.25) is 0 Å². The highest BCUT2D eigenvalue weighted by Crippen LogP contribution is 2.34. The van der Waals surface area contributed by atoms with Crippen molar-refractivity contribution in [1.29, 1.82) is 0 Å². The lowest BCUT2D eigenvalue weighted by Gasteiger charge is -2.17. The third-order valence-electron chi connectivity index (χ3n) is 3.62. The van der Waals surface area contributed by atoms with E-state index in [1.807, 2.05) is 0 Å². The summed E-state index contributed by atoms with van der Waals surface area (Å²) in [5.74, 6) is 1.70. The Bertz CT molecular complexity index is 403. The zero-order chi connectivity index (χ0) is 14.4. The third-order valence-corrected chi connectivity index (χ3v) is 4.69. The van der Waals surface area contributed by atoms with Gasteiger partial charge in [-0.05, 0) is 12.3 Å². The molecule has 5 nitrogen and oxygen atoms in total. The monoisotopic (exact) mass is 298 g/mol. The minimum Gasteiger partial charge on any atom is -0.481 e. The van der Waals surface area contributed by atoms with E-state index in [2.05, 4.69) is 9.97 Å². The Labute approximate surface area is 124 Å². The zero-order valence-corrected chi connectivity index (χ0v) is 12.9. The first-order chi connectivity index (χ1) is 9.75. The summed E-state index contributed by atoms with van der Waals surface area (Å²) < 4.78 is 10.3. The van der Waals surface area contributed by atoms with E-state index >= 15 is 0 Å². The van der Waals surface area contributed by atoms with E-state index in [9.17, 15) is 5.11 Å². The summed E-state index contributed by atoms with van der Waals surface area (Å²) >= 11 is 1.50. The molecule has 0 saturated heterocycles. The van der Waals surface area contributed by atoms with Gasteiger partial charge >= 0.3 is 0 Å². The number of hydrogen-bond donors (Lipinski definition) is 1.